The number of hydrogen-bond acceptors (Lipinski definition) is 7. The minimum Gasteiger partial charge on any atom is -0.491 e. The quantitative estimate of drug-likeness (QED) is 0.726. The van der Waals surface area contributed by atoms with Gasteiger partial charge in [-0.1, -0.05) is 0 Å². The van der Waals surface area contributed by atoms with Gasteiger partial charge in [0.2, 0.25) is 5.95 Å². The van der Waals surface area contributed by atoms with E-state index in [1.54, 1.807) is 11.1 Å². The van der Waals surface area contributed by atoms with Crippen molar-refractivity contribution < 1.29 is 14.3 Å². The van der Waals surface area contributed by atoms with Gasteiger partial charge in [0.15, 0.2) is 0 Å². The molecule has 0 aliphatic carbocycles. The molecule has 0 bridgehead atoms. The SMILES string of the molecule is CCOC(=O)N1CCC(Nc2nccc(Nc3ccc(OC(C)C)cc3)n2)CC1. The van der Waals surface area contributed by atoms with Crippen LogP contribution >= 0.6 is 0 Å². The number of nitrogens with one attached hydrogen (secondary N) is 2. The molecular weight excluding hydrogens is 370 g/mol. The van der Waals surface area contributed by atoms with Gasteiger partial charge >= 0.3 is 6.09 Å². The van der Waals surface area contributed by atoms with Crippen molar-refractivity contribution >= 4 is 23.5 Å². The summed E-state index contributed by atoms with van der Waals surface area (Å²) in [5.74, 6) is 2.12. The third kappa shape index (κ3) is 6.23. The molecule has 156 valence electrons. The first-order chi connectivity index (χ1) is 14.0. The Morgan fingerprint density at radius 2 is 1.93 bits per heavy atom. The van der Waals surface area contributed by atoms with Crippen molar-refractivity contribution in [1.82, 2.24) is 14.9 Å². The number of ether oxygens (including phenoxy) is 2. The fraction of sp³-hybridized carbons (Fsp3) is 0.476. The van der Waals surface area contributed by atoms with Gasteiger partial charge in [0.25, 0.3) is 0 Å². The molecule has 1 aliphatic rings. The normalized spacial score (nSPS) is 14.6. The highest BCUT2D eigenvalue weighted by Gasteiger charge is 2.23. The number of aromatic nitrogens is 2. The van der Waals surface area contributed by atoms with Crippen LogP contribution in [0.15, 0.2) is 36.5 Å². The molecule has 1 aliphatic heterocycles. The number of benzene rings is 1. The predicted molar refractivity (Wildman–Crippen MR) is 113 cm³/mol. The molecule has 0 radical (unpaired) electrons. The Morgan fingerprint density at radius 1 is 1.21 bits per heavy atom. The number of piperidine rings is 1. The maximum absolute atomic E-state index is 11.8. The standard InChI is InChI=1S/C21H29N5O3/c1-4-28-21(27)26-13-10-17(11-14-26)24-20-22-12-9-19(25-20)23-16-5-7-18(8-6-16)29-15(2)3/h5-9,12,15,17H,4,10-11,13-14H2,1-3H3,(H2,22,23,24,25). The molecule has 0 unspecified atom stereocenters. The van der Waals surface area contributed by atoms with Gasteiger partial charge in [-0.05, 0) is 63.9 Å². The number of hydrogen-bond donors (Lipinski definition) is 2. The zero-order valence-electron chi connectivity index (χ0n) is 17.2. The second-order valence-electron chi connectivity index (χ2n) is 7.19. The maximum Gasteiger partial charge on any atom is 0.409 e. The van der Waals surface area contributed by atoms with Gasteiger partial charge in [0.1, 0.15) is 11.6 Å². The largest absolute Gasteiger partial charge is 0.491 e. The van der Waals surface area contributed by atoms with Crippen molar-refractivity contribution in [2.75, 3.05) is 30.3 Å². The lowest BCUT2D eigenvalue weighted by atomic mass is 10.1. The second-order valence-corrected chi connectivity index (χ2v) is 7.19. The number of rotatable bonds is 7. The molecule has 0 saturated carbocycles. The highest BCUT2D eigenvalue weighted by molar-refractivity contribution is 5.67. The van der Waals surface area contributed by atoms with Gasteiger partial charge in [-0.15, -0.1) is 0 Å². The third-order valence-corrected chi connectivity index (χ3v) is 4.51. The first kappa shape index (κ1) is 20.7. The molecule has 2 N–H and O–H groups in total. The summed E-state index contributed by atoms with van der Waals surface area (Å²) in [6, 6.07) is 9.83. The summed E-state index contributed by atoms with van der Waals surface area (Å²) < 4.78 is 10.7. The second kappa shape index (κ2) is 9.95. The van der Waals surface area contributed by atoms with Crippen LogP contribution in [0.4, 0.5) is 22.2 Å². The summed E-state index contributed by atoms with van der Waals surface area (Å²) in [4.78, 5) is 22.4. The van der Waals surface area contributed by atoms with E-state index in [2.05, 4.69) is 20.6 Å². The van der Waals surface area contributed by atoms with E-state index < -0.39 is 0 Å². The molecule has 1 aromatic heterocycles. The third-order valence-electron chi connectivity index (χ3n) is 4.51. The maximum atomic E-state index is 11.8. The molecule has 1 fully saturated rings. The van der Waals surface area contributed by atoms with Crippen molar-refractivity contribution in [3.05, 3.63) is 36.5 Å². The lowest BCUT2D eigenvalue weighted by Crippen LogP contribution is -2.42. The van der Waals surface area contributed by atoms with Gasteiger partial charge in [0.05, 0.1) is 12.7 Å². The molecule has 8 heteroatoms. The van der Waals surface area contributed by atoms with E-state index in [4.69, 9.17) is 9.47 Å². The van der Waals surface area contributed by atoms with E-state index in [1.807, 2.05) is 51.1 Å². The Hall–Kier alpha value is -3.03. The zero-order valence-corrected chi connectivity index (χ0v) is 17.2. The summed E-state index contributed by atoms with van der Waals surface area (Å²) >= 11 is 0. The van der Waals surface area contributed by atoms with Crippen molar-refractivity contribution in [2.24, 2.45) is 0 Å². The first-order valence-corrected chi connectivity index (χ1v) is 10.1. The number of anilines is 3. The Labute approximate surface area is 171 Å². The summed E-state index contributed by atoms with van der Waals surface area (Å²) in [6.45, 7) is 7.56. The molecule has 0 spiro atoms. The van der Waals surface area contributed by atoms with Crippen LogP contribution in [0.3, 0.4) is 0 Å². The van der Waals surface area contributed by atoms with E-state index in [0.717, 1.165) is 24.3 Å². The Balaban J connectivity index is 1.53. The minimum atomic E-state index is -0.238. The van der Waals surface area contributed by atoms with E-state index in [0.29, 0.717) is 31.5 Å². The van der Waals surface area contributed by atoms with E-state index >= 15 is 0 Å². The summed E-state index contributed by atoms with van der Waals surface area (Å²) in [5, 5.41) is 6.65. The molecular formula is C21H29N5O3. The van der Waals surface area contributed by atoms with Crippen LogP contribution in [0.5, 0.6) is 5.75 Å². The highest BCUT2D eigenvalue weighted by Crippen LogP contribution is 2.21. The van der Waals surface area contributed by atoms with E-state index in [9.17, 15) is 4.79 Å². The molecule has 1 amide bonds. The first-order valence-electron chi connectivity index (χ1n) is 10.1. The Kier molecular flexibility index (Phi) is 7.10. The fourth-order valence-electron chi connectivity index (χ4n) is 3.14. The van der Waals surface area contributed by atoms with Gasteiger partial charge < -0.3 is 25.0 Å². The van der Waals surface area contributed by atoms with Gasteiger partial charge in [-0.2, -0.15) is 4.98 Å². The molecule has 29 heavy (non-hydrogen) atoms. The zero-order chi connectivity index (χ0) is 20.6. The highest BCUT2D eigenvalue weighted by atomic mass is 16.6. The van der Waals surface area contributed by atoms with Crippen LogP contribution in [0.1, 0.15) is 33.6 Å². The van der Waals surface area contributed by atoms with Crippen LogP contribution in [0.2, 0.25) is 0 Å². The molecule has 2 aromatic rings. The summed E-state index contributed by atoms with van der Waals surface area (Å²) in [5.41, 5.74) is 0.925. The van der Waals surface area contributed by atoms with Gasteiger partial charge in [0, 0.05) is 31.0 Å². The van der Waals surface area contributed by atoms with Crippen LogP contribution in [-0.2, 0) is 4.74 Å². The summed E-state index contributed by atoms with van der Waals surface area (Å²) in [7, 11) is 0. The molecule has 1 saturated heterocycles. The Bertz CT molecular complexity index is 789. The molecule has 3 rings (SSSR count). The molecule has 8 nitrogen and oxygen atoms in total. The fourth-order valence-corrected chi connectivity index (χ4v) is 3.14. The molecule has 0 atom stereocenters. The number of carbonyl (C=O) groups is 1. The van der Waals surface area contributed by atoms with Crippen molar-refractivity contribution in [1.29, 1.82) is 0 Å². The summed E-state index contributed by atoms with van der Waals surface area (Å²) in [6.07, 6.45) is 3.29. The number of likely N-dealkylation sites (tertiary alicyclic amines) is 1. The average Bonchev–Trinajstić information content (AvgIpc) is 2.70. The minimum absolute atomic E-state index is 0.147. The average molecular weight is 399 g/mol. The molecule has 1 aromatic carbocycles. The van der Waals surface area contributed by atoms with Crippen molar-refractivity contribution in [3.8, 4) is 5.75 Å². The topological polar surface area (TPSA) is 88.6 Å². The van der Waals surface area contributed by atoms with E-state index in [1.165, 1.54) is 0 Å². The van der Waals surface area contributed by atoms with Crippen molar-refractivity contribution in [2.45, 2.75) is 45.8 Å². The number of amides is 1. The van der Waals surface area contributed by atoms with Gasteiger partial charge in [-0.3, -0.25) is 0 Å². The van der Waals surface area contributed by atoms with Crippen molar-refractivity contribution in [3.63, 3.8) is 0 Å². The van der Waals surface area contributed by atoms with E-state index in [-0.39, 0.29) is 18.2 Å². The van der Waals surface area contributed by atoms with Crippen LogP contribution in [0.25, 0.3) is 0 Å². The van der Waals surface area contributed by atoms with Crippen LogP contribution in [-0.4, -0.2) is 52.8 Å². The van der Waals surface area contributed by atoms with Gasteiger partial charge in [-0.25, -0.2) is 9.78 Å². The van der Waals surface area contributed by atoms with Crippen LogP contribution in [0, 0.1) is 0 Å². The number of carbonyl (C=O) groups excluding carboxylic acids is 1. The molecule has 2 heterocycles. The van der Waals surface area contributed by atoms with Crippen LogP contribution < -0.4 is 15.4 Å². The lowest BCUT2D eigenvalue weighted by Gasteiger charge is -2.31. The smallest absolute Gasteiger partial charge is 0.409 e. The predicted octanol–water partition coefficient (Wildman–Crippen LogP) is 4.04. The lowest BCUT2D eigenvalue weighted by molar-refractivity contribution is 0.0983. The Morgan fingerprint density at radius 3 is 2.59 bits per heavy atom. The number of nitrogens with zero attached hydrogens (tertiary/aromatic N) is 3. The monoisotopic (exact) mass is 399 g/mol.